The Morgan fingerprint density at radius 2 is 2.00 bits per heavy atom. The molecule has 0 bridgehead atoms. The standard InChI is InChI=1S/C13H15NO2/c15-12(10-14-9-8-13(14)16)7-6-11-4-2-1-3-5-11/h1-5H,6-10H2. The van der Waals surface area contributed by atoms with Crippen molar-refractivity contribution in [1.82, 2.24) is 4.90 Å². The molecule has 3 heteroatoms. The highest BCUT2D eigenvalue weighted by Crippen LogP contribution is 2.09. The van der Waals surface area contributed by atoms with Gasteiger partial charge in [0, 0.05) is 19.4 Å². The molecule has 2 rings (SSSR count). The first kappa shape index (κ1) is 10.9. The Labute approximate surface area is 95.1 Å². The highest BCUT2D eigenvalue weighted by Gasteiger charge is 2.25. The molecule has 0 saturated carbocycles. The van der Waals surface area contributed by atoms with E-state index in [1.165, 1.54) is 5.56 Å². The number of amides is 1. The van der Waals surface area contributed by atoms with Crippen LogP contribution in [0.2, 0.25) is 0 Å². The third-order valence-electron chi connectivity index (χ3n) is 2.85. The quantitative estimate of drug-likeness (QED) is 0.699. The normalized spacial score (nSPS) is 14.8. The lowest BCUT2D eigenvalue weighted by molar-refractivity contribution is -0.143. The molecule has 0 unspecified atom stereocenters. The minimum absolute atomic E-state index is 0.105. The maximum Gasteiger partial charge on any atom is 0.224 e. The molecule has 1 fully saturated rings. The number of rotatable bonds is 5. The lowest BCUT2D eigenvalue weighted by Crippen LogP contribution is -2.46. The van der Waals surface area contributed by atoms with Crippen molar-refractivity contribution in [2.75, 3.05) is 13.1 Å². The number of benzene rings is 1. The first-order valence-corrected chi connectivity index (χ1v) is 5.59. The average molecular weight is 217 g/mol. The number of likely N-dealkylation sites (tertiary alicyclic amines) is 1. The number of hydrogen-bond donors (Lipinski definition) is 0. The average Bonchev–Trinajstić information content (AvgIpc) is 2.33. The summed E-state index contributed by atoms with van der Waals surface area (Å²) in [5, 5.41) is 0. The number of hydrogen-bond acceptors (Lipinski definition) is 2. The fourth-order valence-electron chi connectivity index (χ4n) is 1.75. The van der Waals surface area contributed by atoms with Gasteiger partial charge in [-0.25, -0.2) is 0 Å². The van der Waals surface area contributed by atoms with Gasteiger partial charge in [-0.3, -0.25) is 9.59 Å². The highest BCUT2D eigenvalue weighted by molar-refractivity contribution is 5.89. The van der Waals surface area contributed by atoms with E-state index in [1.54, 1.807) is 4.90 Å². The summed E-state index contributed by atoms with van der Waals surface area (Å²) in [5.41, 5.74) is 1.17. The minimum atomic E-state index is 0.105. The van der Waals surface area contributed by atoms with Gasteiger partial charge in [0.2, 0.25) is 5.91 Å². The van der Waals surface area contributed by atoms with Crippen molar-refractivity contribution >= 4 is 11.7 Å². The van der Waals surface area contributed by atoms with E-state index >= 15 is 0 Å². The van der Waals surface area contributed by atoms with Crippen LogP contribution in [-0.2, 0) is 16.0 Å². The molecule has 0 N–H and O–H groups in total. The van der Waals surface area contributed by atoms with Gasteiger partial charge < -0.3 is 4.90 Å². The summed E-state index contributed by atoms with van der Waals surface area (Å²) in [5.74, 6) is 0.255. The Hall–Kier alpha value is -1.64. The number of β-lactam (4-membered cyclic amide) rings is 1. The molecule has 3 nitrogen and oxygen atoms in total. The number of carbonyl (C=O) groups is 2. The Bertz CT molecular complexity index is 386. The van der Waals surface area contributed by atoms with Crippen molar-refractivity contribution in [2.45, 2.75) is 19.3 Å². The summed E-state index contributed by atoms with van der Waals surface area (Å²) >= 11 is 0. The van der Waals surface area contributed by atoms with Gasteiger partial charge in [0.25, 0.3) is 0 Å². The maximum absolute atomic E-state index is 11.6. The lowest BCUT2D eigenvalue weighted by Gasteiger charge is -2.29. The Balaban J connectivity index is 1.74. The van der Waals surface area contributed by atoms with Crippen LogP contribution in [0.5, 0.6) is 0 Å². The summed E-state index contributed by atoms with van der Waals surface area (Å²) < 4.78 is 0. The van der Waals surface area contributed by atoms with Crippen LogP contribution < -0.4 is 0 Å². The summed E-state index contributed by atoms with van der Waals surface area (Å²) in [6, 6.07) is 9.94. The summed E-state index contributed by atoms with van der Waals surface area (Å²) in [6.45, 7) is 1.04. The molecule has 1 heterocycles. The van der Waals surface area contributed by atoms with E-state index in [2.05, 4.69) is 0 Å². The van der Waals surface area contributed by atoms with Crippen molar-refractivity contribution < 1.29 is 9.59 Å². The topological polar surface area (TPSA) is 37.4 Å². The van der Waals surface area contributed by atoms with E-state index in [0.29, 0.717) is 19.4 Å². The predicted octanol–water partition coefficient (Wildman–Crippen LogP) is 1.42. The van der Waals surface area contributed by atoms with Crippen LogP contribution in [0, 0.1) is 0 Å². The van der Waals surface area contributed by atoms with E-state index in [-0.39, 0.29) is 11.7 Å². The summed E-state index contributed by atoms with van der Waals surface area (Å²) in [6.07, 6.45) is 1.89. The number of nitrogens with zero attached hydrogens (tertiary/aromatic N) is 1. The molecule has 1 aromatic carbocycles. The Morgan fingerprint density at radius 3 is 2.56 bits per heavy atom. The molecule has 1 amide bonds. The second-order valence-electron chi connectivity index (χ2n) is 4.09. The van der Waals surface area contributed by atoms with Gasteiger partial charge in [-0.05, 0) is 12.0 Å². The zero-order valence-electron chi connectivity index (χ0n) is 9.19. The van der Waals surface area contributed by atoms with E-state index in [1.807, 2.05) is 30.3 Å². The SMILES string of the molecule is O=C(CCc1ccccc1)CN1CCC1=O. The third-order valence-corrected chi connectivity index (χ3v) is 2.85. The number of aryl methyl sites for hydroxylation is 1. The minimum Gasteiger partial charge on any atom is -0.335 e. The fraction of sp³-hybridized carbons (Fsp3) is 0.385. The van der Waals surface area contributed by atoms with E-state index in [4.69, 9.17) is 0 Å². The molecular formula is C13H15NO2. The van der Waals surface area contributed by atoms with Crippen LogP contribution in [0.4, 0.5) is 0 Å². The Morgan fingerprint density at radius 1 is 1.25 bits per heavy atom. The van der Waals surface area contributed by atoms with Crippen molar-refractivity contribution in [2.24, 2.45) is 0 Å². The molecule has 0 atom stereocenters. The molecular weight excluding hydrogens is 202 g/mol. The van der Waals surface area contributed by atoms with Gasteiger partial charge in [0.05, 0.1) is 6.54 Å². The molecule has 1 saturated heterocycles. The Kier molecular flexibility index (Phi) is 3.34. The van der Waals surface area contributed by atoms with Crippen LogP contribution in [0.1, 0.15) is 18.4 Å². The van der Waals surface area contributed by atoms with Crippen LogP contribution in [0.3, 0.4) is 0 Å². The first-order valence-electron chi connectivity index (χ1n) is 5.59. The number of carbonyl (C=O) groups excluding carboxylic acids is 2. The van der Waals surface area contributed by atoms with Gasteiger partial charge >= 0.3 is 0 Å². The smallest absolute Gasteiger partial charge is 0.224 e. The highest BCUT2D eigenvalue weighted by atomic mass is 16.2. The molecule has 0 aliphatic carbocycles. The van der Waals surface area contributed by atoms with Crippen LogP contribution in [-0.4, -0.2) is 29.7 Å². The molecule has 16 heavy (non-hydrogen) atoms. The van der Waals surface area contributed by atoms with Gasteiger partial charge in [-0.1, -0.05) is 30.3 Å². The van der Waals surface area contributed by atoms with Gasteiger partial charge in [0.15, 0.2) is 5.78 Å². The van der Waals surface area contributed by atoms with E-state index < -0.39 is 0 Å². The zero-order chi connectivity index (χ0) is 11.4. The maximum atomic E-state index is 11.6. The largest absolute Gasteiger partial charge is 0.335 e. The van der Waals surface area contributed by atoms with Crippen LogP contribution in [0.25, 0.3) is 0 Å². The van der Waals surface area contributed by atoms with E-state index in [0.717, 1.165) is 13.0 Å². The number of ketones is 1. The van der Waals surface area contributed by atoms with Crippen LogP contribution >= 0.6 is 0 Å². The zero-order valence-corrected chi connectivity index (χ0v) is 9.19. The summed E-state index contributed by atoms with van der Waals surface area (Å²) in [4.78, 5) is 24.2. The first-order chi connectivity index (χ1) is 7.75. The molecule has 1 aliphatic heterocycles. The van der Waals surface area contributed by atoms with Crippen LogP contribution in [0.15, 0.2) is 30.3 Å². The van der Waals surface area contributed by atoms with Gasteiger partial charge in [-0.2, -0.15) is 0 Å². The third kappa shape index (κ3) is 2.69. The fourth-order valence-corrected chi connectivity index (χ4v) is 1.75. The van der Waals surface area contributed by atoms with Crippen molar-refractivity contribution in [3.63, 3.8) is 0 Å². The van der Waals surface area contributed by atoms with E-state index in [9.17, 15) is 9.59 Å². The molecule has 1 aromatic rings. The monoisotopic (exact) mass is 217 g/mol. The van der Waals surface area contributed by atoms with Gasteiger partial charge in [-0.15, -0.1) is 0 Å². The second kappa shape index (κ2) is 4.92. The van der Waals surface area contributed by atoms with Crippen molar-refractivity contribution in [1.29, 1.82) is 0 Å². The predicted molar refractivity (Wildman–Crippen MR) is 61.0 cm³/mol. The molecule has 1 aliphatic rings. The molecule has 0 aromatic heterocycles. The number of Topliss-reactive ketones (excluding diaryl/α,β-unsaturated/α-hetero) is 1. The molecule has 0 spiro atoms. The van der Waals surface area contributed by atoms with Crippen molar-refractivity contribution in [3.05, 3.63) is 35.9 Å². The van der Waals surface area contributed by atoms with Crippen molar-refractivity contribution in [3.8, 4) is 0 Å². The lowest BCUT2D eigenvalue weighted by atomic mass is 10.1. The summed E-state index contributed by atoms with van der Waals surface area (Å²) in [7, 11) is 0. The molecule has 84 valence electrons. The molecule has 0 radical (unpaired) electrons. The second-order valence-corrected chi connectivity index (χ2v) is 4.09. The van der Waals surface area contributed by atoms with Gasteiger partial charge in [0.1, 0.15) is 0 Å².